The highest BCUT2D eigenvalue weighted by Gasteiger charge is 2.11. The van der Waals surface area contributed by atoms with Crippen molar-refractivity contribution in [2.24, 2.45) is 0 Å². The quantitative estimate of drug-likeness (QED) is 0.746. The minimum atomic E-state index is 0.220. The van der Waals surface area contributed by atoms with Crippen molar-refractivity contribution in [3.05, 3.63) is 29.2 Å². The standard InChI is InChI=1S/C11H13N3O/c1-6-10(15)5-4-9(12-6)11-7(2)13-14-8(11)3/h4-5,15H,1-3H3,(H,13,14). The van der Waals surface area contributed by atoms with Crippen LogP contribution in [0.2, 0.25) is 0 Å². The van der Waals surface area contributed by atoms with Gasteiger partial charge in [0.25, 0.3) is 0 Å². The zero-order valence-corrected chi connectivity index (χ0v) is 9.00. The summed E-state index contributed by atoms with van der Waals surface area (Å²) in [6, 6.07) is 3.46. The van der Waals surface area contributed by atoms with Crippen molar-refractivity contribution in [1.82, 2.24) is 15.2 Å². The maximum absolute atomic E-state index is 9.39. The lowest BCUT2D eigenvalue weighted by Gasteiger charge is -2.03. The largest absolute Gasteiger partial charge is 0.506 e. The molecular weight excluding hydrogens is 190 g/mol. The number of H-pyrrole nitrogens is 1. The van der Waals surface area contributed by atoms with Gasteiger partial charge >= 0.3 is 0 Å². The molecule has 0 radical (unpaired) electrons. The lowest BCUT2D eigenvalue weighted by Crippen LogP contribution is -1.89. The molecule has 0 aliphatic rings. The summed E-state index contributed by atoms with van der Waals surface area (Å²) in [5, 5.41) is 16.4. The summed E-state index contributed by atoms with van der Waals surface area (Å²) in [6.45, 7) is 5.67. The highest BCUT2D eigenvalue weighted by Crippen LogP contribution is 2.25. The summed E-state index contributed by atoms with van der Waals surface area (Å²) in [5.74, 6) is 0.220. The molecule has 0 atom stereocenters. The Hall–Kier alpha value is -1.84. The van der Waals surface area contributed by atoms with E-state index in [2.05, 4.69) is 15.2 Å². The Morgan fingerprint density at radius 2 is 1.87 bits per heavy atom. The average molecular weight is 203 g/mol. The van der Waals surface area contributed by atoms with Crippen molar-refractivity contribution in [1.29, 1.82) is 0 Å². The van der Waals surface area contributed by atoms with Crippen LogP contribution in [0.4, 0.5) is 0 Å². The van der Waals surface area contributed by atoms with Gasteiger partial charge in [-0.3, -0.25) is 5.10 Å². The van der Waals surface area contributed by atoms with Crippen molar-refractivity contribution >= 4 is 0 Å². The second kappa shape index (κ2) is 3.38. The number of aromatic amines is 1. The van der Waals surface area contributed by atoms with Gasteiger partial charge in [0.2, 0.25) is 0 Å². The number of hydrogen-bond donors (Lipinski definition) is 2. The summed E-state index contributed by atoms with van der Waals surface area (Å²) < 4.78 is 0. The number of pyridine rings is 1. The van der Waals surface area contributed by atoms with Crippen LogP contribution >= 0.6 is 0 Å². The number of hydrogen-bond acceptors (Lipinski definition) is 3. The van der Waals surface area contributed by atoms with E-state index in [1.54, 1.807) is 19.1 Å². The van der Waals surface area contributed by atoms with Gasteiger partial charge in [0, 0.05) is 11.3 Å². The molecule has 0 bridgehead atoms. The third-order valence-corrected chi connectivity index (χ3v) is 2.44. The average Bonchev–Trinajstić information content (AvgIpc) is 2.52. The Morgan fingerprint density at radius 3 is 2.40 bits per heavy atom. The van der Waals surface area contributed by atoms with E-state index in [1.807, 2.05) is 13.8 Å². The fraction of sp³-hybridized carbons (Fsp3) is 0.273. The predicted octanol–water partition coefficient (Wildman–Crippen LogP) is 2.10. The molecule has 2 rings (SSSR count). The number of rotatable bonds is 1. The van der Waals surface area contributed by atoms with Gasteiger partial charge in [-0.2, -0.15) is 5.10 Å². The third kappa shape index (κ3) is 1.58. The SMILES string of the molecule is Cc1nc(-c2c(C)n[nH]c2C)ccc1O. The fourth-order valence-electron chi connectivity index (χ4n) is 1.62. The molecule has 4 heteroatoms. The van der Waals surface area contributed by atoms with Gasteiger partial charge in [0.15, 0.2) is 0 Å². The minimum absolute atomic E-state index is 0.220. The van der Waals surface area contributed by atoms with E-state index >= 15 is 0 Å². The van der Waals surface area contributed by atoms with Crippen LogP contribution in [-0.2, 0) is 0 Å². The molecule has 0 fully saturated rings. The molecule has 0 aliphatic carbocycles. The third-order valence-electron chi connectivity index (χ3n) is 2.44. The first-order valence-electron chi connectivity index (χ1n) is 4.78. The first kappa shape index (κ1) is 9.71. The molecule has 2 N–H and O–H groups in total. The highest BCUT2D eigenvalue weighted by atomic mass is 16.3. The van der Waals surface area contributed by atoms with Crippen molar-refractivity contribution in [3.63, 3.8) is 0 Å². The molecule has 0 unspecified atom stereocenters. The molecule has 0 amide bonds. The van der Waals surface area contributed by atoms with Gasteiger partial charge in [-0.15, -0.1) is 0 Å². The van der Waals surface area contributed by atoms with Crippen LogP contribution in [0.5, 0.6) is 5.75 Å². The molecule has 2 aromatic heterocycles. The lowest BCUT2D eigenvalue weighted by atomic mass is 10.1. The normalized spacial score (nSPS) is 10.6. The maximum atomic E-state index is 9.39. The number of aromatic hydroxyl groups is 1. The first-order valence-corrected chi connectivity index (χ1v) is 4.78. The van der Waals surface area contributed by atoms with E-state index < -0.39 is 0 Å². The monoisotopic (exact) mass is 203 g/mol. The van der Waals surface area contributed by atoms with Crippen LogP contribution in [0.25, 0.3) is 11.3 Å². The molecule has 0 spiro atoms. The van der Waals surface area contributed by atoms with Crippen molar-refractivity contribution in [3.8, 4) is 17.0 Å². The summed E-state index contributed by atoms with van der Waals surface area (Å²) in [7, 11) is 0. The fourth-order valence-corrected chi connectivity index (χ4v) is 1.62. The molecule has 0 aliphatic heterocycles. The summed E-state index contributed by atoms with van der Waals surface area (Å²) in [6.07, 6.45) is 0. The van der Waals surface area contributed by atoms with E-state index in [0.717, 1.165) is 22.6 Å². The number of nitrogens with zero attached hydrogens (tertiary/aromatic N) is 2. The van der Waals surface area contributed by atoms with Crippen LogP contribution < -0.4 is 0 Å². The Morgan fingerprint density at radius 1 is 1.13 bits per heavy atom. The van der Waals surface area contributed by atoms with E-state index in [4.69, 9.17) is 0 Å². The summed E-state index contributed by atoms with van der Waals surface area (Å²) in [4.78, 5) is 4.33. The van der Waals surface area contributed by atoms with Crippen LogP contribution in [0.15, 0.2) is 12.1 Å². The van der Waals surface area contributed by atoms with E-state index in [-0.39, 0.29) is 5.75 Å². The van der Waals surface area contributed by atoms with Gasteiger partial charge in [-0.1, -0.05) is 0 Å². The summed E-state index contributed by atoms with van der Waals surface area (Å²) >= 11 is 0. The van der Waals surface area contributed by atoms with Gasteiger partial charge in [0.1, 0.15) is 5.75 Å². The van der Waals surface area contributed by atoms with Crippen LogP contribution in [-0.4, -0.2) is 20.3 Å². The number of aromatic nitrogens is 3. The molecule has 4 nitrogen and oxygen atoms in total. The Bertz CT molecular complexity index is 483. The molecule has 2 aromatic rings. The molecule has 2 heterocycles. The van der Waals surface area contributed by atoms with E-state index in [1.165, 1.54) is 0 Å². The van der Waals surface area contributed by atoms with Crippen LogP contribution in [0.3, 0.4) is 0 Å². The second-order valence-corrected chi connectivity index (χ2v) is 3.61. The smallest absolute Gasteiger partial charge is 0.136 e. The molecule has 0 aromatic carbocycles. The zero-order chi connectivity index (χ0) is 11.0. The zero-order valence-electron chi connectivity index (χ0n) is 9.00. The van der Waals surface area contributed by atoms with Crippen LogP contribution in [0.1, 0.15) is 17.1 Å². The summed E-state index contributed by atoms with van der Waals surface area (Å²) in [5.41, 5.74) is 4.40. The van der Waals surface area contributed by atoms with Crippen molar-refractivity contribution in [2.75, 3.05) is 0 Å². The maximum Gasteiger partial charge on any atom is 0.136 e. The highest BCUT2D eigenvalue weighted by molar-refractivity contribution is 5.65. The molecule has 15 heavy (non-hydrogen) atoms. The topological polar surface area (TPSA) is 61.8 Å². The van der Waals surface area contributed by atoms with Gasteiger partial charge < -0.3 is 5.11 Å². The Kier molecular flexibility index (Phi) is 2.19. The van der Waals surface area contributed by atoms with Crippen LogP contribution in [0, 0.1) is 20.8 Å². The van der Waals surface area contributed by atoms with E-state index in [9.17, 15) is 5.11 Å². The van der Waals surface area contributed by atoms with Crippen molar-refractivity contribution in [2.45, 2.75) is 20.8 Å². The molecule has 78 valence electrons. The predicted molar refractivity (Wildman–Crippen MR) is 57.7 cm³/mol. The second-order valence-electron chi connectivity index (χ2n) is 3.61. The molecule has 0 saturated carbocycles. The lowest BCUT2D eigenvalue weighted by molar-refractivity contribution is 0.468. The number of aryl methyl sites for hydroxylation is 3. The van der Waals surface area contributed by atoms with Gasteiger partial charge in [0.05, 0.1) is 17.1 Å². The Balaban J connectivity index is 2.59. The van der Waals surface area contributed by atoms with Gasteiger partial charge in [-0.05, 0) is 32.9 Å². The van der Waals surface area contributed by atoms with Crippen molar-refractivity contribution < 1.29 is 5.11 Å². The molecular formula is C11H13N3O. The minimum Gasteiger partial charge on any atom is -0.506 e. The van der Waals surface area contributed by atoms with E-state index in [0.29, 0.717) is 5.69 Å². The Labute approximate surface area is 88.0 Å². The van der Waals surface area contributed by atoms with Gasteiger partial charge in [-0.25, -0.2) is 4.98 Å². The first-order chi connectivity index (χ1) is 7.09. The molecule has 0 saturated heterocycles. The number of nitrogens with one attached hydrogen (secondary N) is 1.